The van der Waals surface area contributed by atoms with Gasteiger partial charge in [-0.15, -0.1) is 0 Å². The summed E-state index contributed by atoms with van der Waals surface area (Å²) < 4.78 is 0. The summed E-state index contributed by atoms with van der Waals surface area (Å²) >= 11 is 0. The summed E-state index contributed by atoms with van der Waals surface area (Å²) in [6.45, 7) is 0. The smallest absolute Gasteiger partial charge is 0.0710 e. The van der Waals surface area contributed by atoms with Crippen molar-refractivity contribution in [2.45, 2.75) is 0 Å². The quantitative estimate of drug-likeness (QED) is 0.299. The van der Waals surface area contributed by atoms with Crippen LogP contribution in [-0.2, 0) is 4.89 Å². The van der Waals surface area contributed by atoms with Crippen LogP contribution in [0.4, 0.5) is 0 Å². The molecule has 28 valence electrons. The van der Waals surface area contributed by atoms with E-state index in [0.717, 1.165) is 0 Å². The van der Waals surface area contributed by atoms with E-state index in [2.05, 4.69) is 4.89 Å². The van der Waals surface area contributed by atoms with Gasteiger partial charge in [0.15, 0.2) is 0 Å². The Kier molecular flexibility index (Phi) is 29.9. The lowest BCUT2D eigenvalue weighted by atomic mass is 11.8. The Bertz CT molecular complexity index is 3.25. The molecule has 0 saturated heterocycles. The number of rotatable bonds is 0. The Morgan fingerprint density at radius 3 is 1.75 bits per heavy atom. The predicted molar refractivity (Wildman–Crippen MR) is 13.3 cm³/mol. The molecular weight excluding hydrogens is 60.0 g/mol. The maximum Gasteiger partial charge on any atom is 0.0710 e. The van der Waals surface area contributed by atoms with Crippen LogP contribution in [0.3, 0.4) is 0 Å². The fourth-order valence-electron chi connectivity index (χ4n) is 0. The predicted octanol–water partition coefficient (Wildman–Crippen LogP) is -0.719. The van der Waals surface area contributed by atoms with Crippen molar-refractivity contribution in [1.29, 1.82) is 0 Å². The van der Waals surface area contributed by atoms with E-state index >= 15 is 0 Å². The SMILES string of the molecule is COO.O. The largest absolute Gasteiger partial charge is 0.412 e. The molecule has 0 bridgehead atoms. The molecule has 0 unspecified atom stereocenters. The summed E-state index contributed by atoms with van der Waals surface area (Å²) in [5.41, 5.74) is 0. The fraction of sp³-hybridized carbons (Fsp3) is 1.00. The summed E-state index contributed by atoms with van der Waals surface area (Å²) in [6.07, 6.45) is 0. The van der Waals surface area contributed by atoms with Gasteiger partial charge in [0.1, 0.15) is 0 Å². The van der Waals surface area contributed by atoms with Gasteiger partial charge in [-0.3, -0.25) is 5.26 Å². The van der Waals surface area contributed by atoms with Crippen molar-refractivity contribution in [3.8, 4) is 0 Å². The molecule has 0 heterocycles. The fourth-order valence-corrected chi connectivity index (χ4v) is 0. The molecule has 0 aliphatic carbocycles. The lowest BCUT2D eigenvalue weighted by Crippen LogP contribution is -1.57. The van der Waals surface area contributed by atoms with Crippen molar-refractivity contribution < 1.29 is 15.6 Å². The first-order valence-electron chi connectivity index (χ1n) is 0.591. The van der Waals surface area contributed by atoms with Gasteiger partial charge in [-0.2, -0.15) is 0 Å². The summed E-state index contributed by atoms with van der Waals surface area (Å²) in [5.74, 6) is 0. The Labute approximate surface area is 24.1 Å². The Hall–Kier alpha value is -0.120. The van der Waals surface area contributed by atoms with Gasteiger partial charge in [0, 0.05) is 0 Å². The Balaban J connectivity index is 0. The van der Waals surface area contributed by atoms with E-state index in [0.29, 0.717) is 0 Å². The molecule has 0 amide bonds. The van der Waals surface area contributed by atoms with E-state index in [1.54, 1.807) is 0 Å². The molecular formula is CH6O3. The zero-order valence-electron chi connectivity index (χ0n) is 2.36. The van der Waals surface area contributed by atoms with Gasteiger partial charge in [-0.1, -0.05) is 0 Å². The third-order valence-electron chi connectivity index (χ3n) is 0. The van der Waals surface area contributed by atoms with Crippen LogP contribution in [0.25, 0.3) is 0 Å². The standard InChI is InChI=1S/CH4O2.H2O/c1-3-2;/h2H,1H3;1H2. The van der Waals surface area contributed by atoms with Crippen molar-refractivity contribution in [1.82, 2.24) is 0 Å². The summed E-state index contributed by atoms with van der Waals surface area (Å²) in [7, 11) is 1.18. The van der Waals surface area contributed by atoms with Crippen molar-refractivity contribution in [2.75, 3.05) is 7.11 Å². The maximum absolute atomic E-state index is 7.07. The molecule has 0 aromatic heterocycles. The highest BCUT2D eigenvalue weighted by molar-refractivity contribution is 3.30. The van der Waals surface area contributed by atoms with Gasteiger partial charge in [0.2, 0.25) is 0 Å². The monoisotopic (exact) mass is 66.0 g/mol. The van der Waals surface area contributed by atoms with E-state index in [1.165, 1.54) is 7.11 Å². The van der Waals surface area contributed by atoms with Crippen LogP contribution < -0.4 is 0 Å². The van der Waals surface area contributed by atoms with E-state index in [1.807, 2.05) is 0 Å². The molecule has 3 heteroatoms. The van der Waals surface area contributed by atoms with Crippen LogP contribution in [0.1, 0.15) is 0 Å². The lowest BCUT2D eigenvalue weighted by Gasteiger charge is -1.59. The minimum absolute atomic E-state index is 0. The summed E-state index contributed by atoms with van der Waals surface area (Å²) in [4.78, 5) is 3.25. The molecule has 0 fully saturated rings. The molecule has 0 aliphatic heterocycles. The average Bonchev–Trinajstić information content (AvgIpc) is 0.918. The molecule has 0 atom stereocenters. The van der Waals surface area contributed by atoms with Gasteiger partial charge < -0.3 is 5.48 Å². The highest BCUT2D eigenvalue weighted by Gasteiger charge is 1.26. The maximum atomic E-state index is 7.07. The first-order valence-corrected chi connectivity index (χ1v) is 0.591. The first-order chi connectivity index (χ1) is 1.41. The zero-order valence-corrected chi connectivity index (χ0v) is 2.36. The third-order valence-corrected chi connectivity index (χ3v) is 0. The van der Waals surface area contributed by atoms with Crippen LogP contribution >= 0.6 is 0 Å². The van der Waals surface area contributed by atoms with Crippen molar-refractivity contribution in [2.24, 2.45) is 0 Å². The second-order valence-corrected chi connectivity index (χ2v) is 0.183. The zero-order chi connectivity index (χ0) is 2.71. The molecule has 0 aromatic carbocycles. The van der Waals surface area contributed by atoms with Crippen LogP contribution in [0, 0.1) is 0 Å². The molecule has 0 radical (unpaired) electrons. The molecule has 4 heavy (non-hydrogen) atoms. The van der Waals surface area contributed by atoms with Gasteiger partial charge in [0.25, 0.3) is 0 Å². The van der Waals surface area contributed by atoms with Crippen LogP contribution in [0.2, 0.25) is 0 Å². The minimum atomic E-state index is 0. The van der Waals surface area contributed by atoms with Gasteiger partial charge in [-0.05, 0) is 0 Å². The van der Waals surface area contributed by atoms with Crippen LogP contribution in [0.5, 0.6) is 0 Å². The molecule has 0 aliphatic rings. The topological polar surface area (TPSA) is 61.0 Å². The number of hydrogen-bond acceptors (Lipinski definition) is 2. The first kappa shape index (κ1) is 9.11. The normalized spacial score (nSPS) is 4.50. The Morgan fingerprint density at radius 1 is 1.75 bits per heavy atom. The minimum Gasteiger partial charge on any atom is -0.412 e. The molecule has 0 aromatic rings. The summed E-state index contributed by atoms with van der Waals surface area (Å²) in [6, 6.07) is 0. The van der Waals surface area contributed by atoms with Gasteiger partial charge in [0.05, 0.1) is 7.11 Å². The van der Waals surface area contributed by atoms with E-state index in [4.69, 9.17) is 5.26 Å². The molecule has 3 N–H and O–H groups in total. The number of hydrogen-bond donors (Lipinski definition) is 1. The van der Waals surface area contributed by atoms with Gasteiger partial charge >= 0.3 is 0 Å². The van der Waals surface area contributed by atoms with E-state index < -0.39 is 0 Å². The second kappa shape index (κ2) is 13.1. The van der Waals surface area contributed by atoms with Crippen molar-refractivity contribution in [3.63, 3.8) is 0 Å². The van der Waals surface area contributed by atoms with Crippen molar-refractivity contribution >= 4 is 0 Å². The highest BCUT2D eigenvalue weighted by atomic mass is 17.1. The Morgan fingerprint density at radius 2 is 1.75 bits per heavy atom. The van der Waals surface area contributed by atoms with Gasteiger partial charge in [-0.25, -0.2) is 4.89 Å². The molecule has 0 saturated carbocycles. The lowest BCUT2D eigenvalue weighted by molar-refractivity contribution is -0.214. The molecule has 0 spiro atoms. The average molecular weight is 66.1 g/mol. The third kappa shape index (κ3) is 101. The van der Waals surface area contributed by atoms with Crippen LogP contribution in [-0.4, -0.2) is 17.8 Å². The van der Waals surface area contributed by atoms with E-state index in [-0.39, 0.29) is 5.48 Å². The second-order valence-electron chi connectivity index (χ2n) is 0.183. The molecule has 0 rings (SSSR count). The van der Waals surface area contributed by atoms with Crippen molar-refractivity contribution in [3.05, 3.63) is 0 Å². The van der Waals surface area contributed by atoms with Crippen LogP contribution in [0.15, 0.2) is 0 Å². The molecule has 3 nitrogen and oxygen atoms in total. The van der Waals surface area contributed by atoms with E-state index in [9.17, 15) is 0 Å². The highest BCUT2D eigenvalue weighted by Crippen LogP contribution is 1.26. The summed E-state index contributed by atoms with van der Waals surface area (Å²) in [5, 5.41) is 7.07.